The molecule has 1 aliphatic rings. The predicted octanol–water partition coefficient (Wildman–Crippen LogP) is 2.13. The van der Waals surface area contributed by atoms with E-state index in [9.17, 15) is 4.79 Å². The van der Waals surface area contributed by atoms with Gasteiger partial charge in [-0.15, -0.1) is 10.2 Å². The second-order valence-electron chi connectivity index (χ2n) is 5.76. The average molecular weight is 358 g/mol. The summed E-state index contributed by atoms with van der Waals surface area (Å²) < 4.78 is 1.62. The number of nitrogens with one attached hydrogen (secondary N) is 1. The number of fused-ring (bicyclic) bond motifs is 1. The molecule has 2 aromatic heterocycles. The lowest BCUT2D eigenvalue weighted by Gasteiger charge is -2.35. The number of rotatable bonds is 2. The summed E-state index contributed by atoms with van der Waals surface area (Å²) in [5, 5.41) is 15.7. The number of amides is 2. The monoisotopic (exact) mass is 357 g/mol. The topological polar surface area (TPSA) is 78.7 Å². The van der Waals surface area contributed by atoms with Crippen molar-refractivity contribution in [1.29, 1.82) is 0 Å². The third kappa shape index (κ3) is 3.34. The maximum Gasteiger partial charge on any atom is 0.321 e. The van der Waals surface area contributed by atoms with Crippen LogP contribution in [0.2, 0.25) is 5.02 Å². The number of carbonyl (C=O) groups is 1. The highest BCUT2D eigenvalue weighted by Crippen LogP contribution is 2.18. The Labute approximate surface area is 149 Å². The molecule has 25 heavy (non-hydrogen) atoms. The SMILES string of the molecule is O=C(Nc1ccc(Cl)cc1)N1CCN(c2cnn3cnnc3c2)CC1. The Kier molecular flexibility index (Phi) is 4.10. The number of benzene rings is 1. The Balaban J connectivity index is 1.37. The highest BCUT2D eigenvalue weighted by Gasteiger charge is 2.22. The van der Waals surface area contributed by atoms with E-state index in [1.165, 1.54) is 0 Å². The van der Waals surface area contributed by atoms with Crippen molar-refractivity contribution >= 4 is 34.7 Å². The summed E-state index contributed by atoms with van der Waals surface area (Å²) in [7, 11) is 0. The molecular weight excluding hydrogens is 342 g/mol. The van der Waals surface area contributed by atoms with Crippen LogP contribution < -0.4 is 10.2 Å². The van der Waals surface area contributed by atoms with Gasteiger partial charge in [-0.2, -0.15) is 5.10 Å². The average Bonchev–Trinajstić information content (AvgIpc) is 3.11. The Morgan fingerprint density at radius 3 is 2.64 bits per heavy atom. The zero-order valence-electron chi connectivity index (χ0n) is 13.3. The first kappa shape index (κ1) is 15.6. The van der Waals surface area contributed by atoms with Crippen molar-refractivity contribution in [2.45, 2.75) is 0 Å². The van der Waals surface area contributed by atoms with Gasteiger partial charge in [-0.05, 0) is 24.3 Å². The van der Waals surface area contributed by atoms with Crippen LogP contribution in [-0.2, 0) is 0 Å². The predicted molar refractivity (Wildman–Crippen MR) is 95.0 cm³/mol. The lowest BCUT2D eigenvalue weighted by molar-refractivity contribution is 0.208. The molecule has 1 aliphatic heterocycles. The van der Waals surface area contributed by atoms with Gasteiger partial charge in [0.15, 0.2) is 5.65 Å². The third-order valence-electron chi connectivity index (χ3n) is 4.17. The van der Waals surface area contributed by atoms with Crippen LogP contribution in [0.4, 0.5) is 16.2 Å². The number of nitrogens with zero attached hydrogens (tertiary/aromatic N) is 6. The number of hydrogen-bond donors (Lipinski definition) is 1. The summed E-state index contributed by atoms with van der Waals surface area (Å²) in [6, 6.07) is 8.92. The van der Waals surface area contributed by atoms with Gasteiger partial charge < -0.3 is 15.1 Å². The van der Waals surface area contributed by atoms with Crippen LogP contribution in [0.3, 0.4) is 0 Å². The number of urea groups is 1. The fraction of sp³-hybridized carbons (Fsp3) is 0.250. The number of anilines is 2. The molecule has 3 aromatic rings. The van der Waals surface area contributed by atoms with Gasteiger partial charge in [0.05, 0.1) is 11.9 Å². The summed E-state index contributed by atoms with van der Waals surface area (Å²) in [5.74, 6) is 0. The van der Waals surface area contributed by atoms with Crippen LogP contribution in [-0.4, -0.2) is 56.9 Å². The molecule has 8 nitrogen and oxygen atoms in total. The van der Waals surface area contributed by atoms with Crippen LogP contribution in [0.15, 0.2) is 42.9 Å². The maximum absolute atomic E-state index is 12.4. The second-order valence-corrected chi connectivity index (χ2v) is 6.20. The molecule has 0 saturated carbocycles. The molecule has 1 fully saturated rings. The number of carbonyl (C=O) groups excluding carboxylic acids is 1. The van der Waals surface area contributed by atoms with Crippen molar-refractivity contribution in [1.82, 2.24) is 24.7 Å². The Morgan fingerprint density at radius 2 is 1.88 bits per heavy atom. The van der Waals surface area contributed by atoms with Crippen molar-refractivity contribution in [2.75, 3.05) is 36.4 Å². The van der Waals surface area contributed by atoms with Crippen LogP contribution in [0, 0.1) is 0 Å². The van der Waals surface area contributed by atoms with Gasteiger partial charge >= 0.3 is 6.03 Å². The van der Waals surface area contributed by atoms with Gasteiger partial charge in [-0.1, -0.05) is 11.6 Å². The number of halogens is 1. The van der Waals surface area contributed by atoms with Gasteiger partial charge in [-0.3, -0.25) is 0 Å². The summed E-state index contributed by atoms with van der Waals surface area (Å²) in [6.45, 7) is 2.74. The lowest BCUT2D eigenvalue weighted by Crippen LogP contribution is -2.50. The van der Waals surface area contributed by atoms with E-state index in [1.54, 1.807) is 46.2 Å². The molecule has 0 unspecified atom stereocenters. The Morgan fingerprint density at radius 1 is 1.12 bits per heavy atom. The fourth-order valence-corrected chi connectivity index (χ4v) is 2.92. The van der Waals surface area contributed by atoms with Gasteiger partial charge in [0.25, 0.3) is 0 Å². The highest BCUT2D eigenvalue weighted by molar-refractivity contribution is 6.30. The maximum atomic E-state index is 12.4. The largest absolute Gasteiger partial charge is 0.367 e. The smallest absolute Gasteiger partial charge is 0.321 e. The first-order valence-electron chi connectivity index (χ1n) is 7.91. The van der Waals surface area contributed by atoms with Gasteiger partial charge in [0.2, 0.25) is 0 Å². The fourth-order valence-electron chi connectivity index (χ4n) is 2.79. The molecule has 0 radical (unpaired) electrons. The van der Waals surface area contributed by atoms with Gasteiger partial charge in [0.1, 0.15) is 6.33 Å². The summed E-state index contributed by atoms with van der Waals surface area (Å²) in [5.41, 5.74) is 2.43. The van der Waals surface area contributed by atoms with Crippen LogP contribution in [0.5, 0.6) is 0 Å². The first-order chi connectivity index (χ1) is 12.2. The van der Waals surface area contributed by atoms with Crippen molar-refractivity contribution < 1.29 is 4.79 Å². The van der Waals surface area contributed by atoms with E-state index in [-0.39, 0.29) is 6.03 Å². The molecule has 0 atom stereocenters. The van der Waals surface area contributed by atoms with Crippen LogP contribution in [0.1, 0.15) is 0 Å². The molecular formula is C16H16ClN7O. The van der Waals surface area contributed by atoms with Crippen LogP contribution >= 0.6 is 11.6 Å². The standard InChI is InChI=1S/C16H16ClN7O/c17-12-1-3-13(4-2-12)20-16(25)23-7-5-22(6-8-23)14-9-15-21-18-11-24(15)19-10-14/h1-4,9-11H,5-8H2,(H,20,25). The van der Waals surface area contributed by atoms with E-state index in [1.807, 2.05) is 6.07 Å². The van der Waals surface area contributed by atoms with Crippen molar-refractivity contribution in [3.63, 3.8) is 0 Å². The zero-order valence-corrected chi connectivity index (χ0v) is 14.1. The van der Waals surface area contributed by atoms with E-state index in [2.05, 4.69) is 25.5 Å². The minimum Gasteiger partial charge on any atom is -0.367 e. The molecule has 9 heteroatoms. The molecule has 2 amide bonds. The highest BCUT2D eigenvalue weighted by atomic mass is 35.5. The van der Waals surface area contributed by atoms with Crippen molar-refractivity contribution in [3.8, 4) is 0 Å². The molecule has 0 bridgehead atoms. The normalized spacial score (nSPS) is 14.8. The summed E-state index contributed by atoms with van der Waals surface area (Å²) >= 11 is 5.86. The number of aromatic nitrogens is 4. The molecule has 0 aliphatic carbocycles. The molecule has 1 N–H and O–H groups in total. The summed E-state index contributed by atoms with van der Waals surface area (Å²) in [4.78, 5) is 16.4. The minimum absolute atomic E-state index is 0.104. The quantitative estimate of drug-likeness (QED) is 0.760. The third-order valence-corrected chi connectivity index (χ3v) is 4.43. The number of piperazine rings is 1. The molecule has 4 rings (SSSR count). The first-order valence-corrected chi connectivity index (χ1v) is 8.29. The molecule has 3 heterocycles. The Bertz CT molecular complexity index is 887. The van der Waals surface area contributed by atoms with E-state index in [0.29, 0.717) is 23.8 Å². The van der Waals surface area contributed by atoms with Gasteiger partial charge in [0, 0.05) is 43.0 Å². The van der Waals surface area contributed by atoms with E-state index >= 15 is 0 Å². The lowest BCUT2D eigenvalue weighted by atomic mass is 10.3. The molecule has 128 valence electrons. The second kappa shape index (κ2) is 6.56. The van der Waals surface area contributed by atoms with E-state index < -0.39 is 0 Å². The van der Waals surface area contributed by atoms with Crippen LogP contribution in [0.25, 0.3) is 5.65 Å². The molecule has 1 aromatic carbocycles. The molecule has 1 saturated heterocycles. The van der Waals surface area contributed by atoms with Gasteiger partial charge in [-0.25, -0.2) is 9.31 Å². The molecule has 0 spiro atoms. The zero-order chi connectivity index (χ0) is 17.2. The Hall–Kier alpha value is -2.87. The van der Waals surface area contributed by atoms with E-state index in [4.69, 9.17) is 11.6 Å². The van der Waals surface area contributed by atoms with Crippen molar-refractivity contribution in [3.05, 3.63) is 47.9 Å². The number of hydrogen-bond acceptors (Lipinski definition) is 5. The van der Waals surface area contributed by atoms with Crippen molar-refractivity contribution in [2.24, 2.45) is 0 Å². The van der Waals surface area contributed by atoms with E-state index in [0.717, 1.165) is 24.5 Å². The summed E-state index contributed by atoms with van der Waals surface area (Å²) in [6.07, 6.45) is 3.36. The minimum atomic E-state index is -0.104.